The van der Waals surface area contributed by atoms with Crippen LogP contribution in [0.2, 0.25) is 0 Å². The van der Waals surface area contributed by atoms with E-state index in [-0.39, 0.29) is 10.8 Å². The van der Waals surface area contributed by atoms with Gasteiger partial charge in [-0.15, -0.1) is 0 Å². The molecular weight excluding hydrogens is 290 g/mol. The fourth-order valence-corrected chi connectivity index (χ4v) is 4.81. The maximum Gasteiger partial charge on any atom is 0.0611 e. The molecule has 126 valence electrons. The Morgan fingerprint density at radius 1 is 0.875 bits per heavy atom. The highest BCUT2D eigenvalue weighted by Gasteiger charge is 2.47. The lowest BCUT2D eigenvalue weighted by Gasteiger charge is -2.39. The Morgan fingerprint density at radius 2 is 1.54 bits per heavy atom. The Labute approximate surface area is 146 Å². The van der Waals surface area contributed by atoms with Crippen molar-refractivity contribution in [1.82, 2.24) is 0 Å². The maximum absolute atomic E-state index is 3.87. The van der Waals surface area contributed by atoms with Gasteiger partial charge in [0.05, 0.1) is 6.04 Å². The summed E-state index contributed by atoms with van der Waals surface area (Å²) in [6, 6.07) is 18.8. The van der Waals surface area contributed by atoms with E-state index in [1.54, 1.807) is 5.56 Å². The second kappa shape index (κ2) is 5.65. The quantitative estimate of drug-likeness (QED) is 0.645. The molecule has 1 fully saturated rings. The number of rotatable bonds is 1. The van der Waals surface area contributed by atoms with Gasteiger partial charge in [-0.25, -0.2) is 0 Å². The number of anilines is 1. The lowest BCUT2D eigenvalue weighted by atomic mass is 9.65. The minimum absolute atomic E-state index is 0.215. The molecule has 4 rings (SSSR count). The molecule has 1 aliphatic heterocycles. The predicted molar refractivity (Wildman–Crippen MR) is 103 cm³/mol. The first-order chi connectivity index (χ1) is 11.5. The summed E-state index contributed by atoms with van der Waals surface area (Å²) in [5.41, 5.74) is 6.27. The molecular formula is C23H29N. The molecule has 1 saturated carbocycles. The first-order valence-electron chi connectivity index (χ1n) is 9.47. The van der Waals surface area contributed by atoms with Crippen molar-refractivity contribution in [3.05, 3.63) is 65.2 Å². The third-order valence-electron chi connectivity index (χ3n) is 6.17. The van der Waals surface area contributed by atoms with Gasteiger partial charge in [0.25, 0.3) is 0 Å². The van der Waals surface area contributed by atoms with Crippen LogP contribution in [-0.4, -0.2) is 0 Å². The number of hydrogen-bond donors (Lipinski definition) is 1. The van der Waals surface area contributed by atoms with Crippen molar-refractivity contribution in [2.45, 2.75) is 69.7 Å². The Balaban J connectivity index is 1.75. The summed E-state index contributed by atoms with van der Waals surface area (Å²) in [7, 11) is 0. The standard InChI is InChI=1S/C23H29N/c1-22(2,3)18-13-11-17(12-14-18)21-23(15-7-4-8-16-23)19-9-5-6-10-20(19)24-21/h5-6,9-14,21,24H,4,7-8,15-16H2,1-3H3/t21-/m0/s1. The number of fused-ring (bicyclic) bond motifs is 2. The summed E-state index contributed by atoms with van der Waals surface area (Å²) in [5, 5.41) is 3.87. The molecule has 1 atom stereocenters. The molecule has 2 aromatic carbocycles. The summed E-state index contributed by atoms with van der Waals surface area (Å²) in [6.07, 6.45) is 6.71. The van der Waals surface area contributed by atoms with Crippen LogP contribution >= 0.6 is 0 Å². The highest BCUT2D eigenvalue weighted by atomic mass is 15.0. The van der Waals surface area contributed by atoms with Gasteiger partial charge < -0.3 is 5.32 Å². The highest BCUT2D eigenvalue weighted by molar-refractivity contribution is 5.64. The van der Waals surface area contributed by atoms with Crippen LogP contribution in [0.3, 0.4) is 0 Å². The summed E-state index contributed by atoms with van der Waals surface area (Å²) in [4.78, 5) is 0. The first kappa shape index (κ1) is 15.7. The Hall–Kier alpha value is -1.76. The summed E-state index contributed by atoms with van der Waals surface area (Å²) in [6.45, 7) is 6.86. The van der Waals surface area contributed by atoms with E-state index < -0.39 is 0 Å². The lowest BCUT2D eigenvalue weighted by molar-refractivity contribution is 0.270. The molecule has 0 unspecified atom stereocenters. The van der Waals surface area contributed by atoms with E-state index in [4.69, 9.17) is 0 Å². The van der Waals surface area contributed by atoms with E-state index in [1.807, 2.05) is 0 Å². The van der Waals surface area contributed by atoms with Gasteiger partial charge in [-0.3, -0.25) is 0 Å². The molecule has 2 aromatic rings. The van der Waals surface area contributed by atoms with Crippen LogP contribution in [0.5, 0.6) is 0 Å². The van der Waals surface area contributed by atoms with Crippen LogP contribution in [-0.2, 0) is 10.8 Å². The summed E-state index contributed by atoms with van der Waals surface area (Å²) < 4.78 is 0. The van der Waals surface area contributed by atoms with Crippen molar-refractivity contribution in [2.24, 2.45) is 0 Å². The van der Waals surface area contributed by atoms with E-state index in [1.165, 1.54) is 48.9 Å². The molecule has 1 spiro atoms. The van der Waals surface area contributed by atoms with Gasteiger partial charge in [0, 0.05) is 11.1 Å². The normalized spacial score (nSPS) is 22.2. The third-order valence-corrected chi connectivity index (χ3v) is 6.17. The molecule has 1 heteroatoms. The fraction of sp³-hybridized carbons (Fsp3) is 0.478. The smallest absolute Gasteiger partial charge is 0.0611 e. The van der Waals surface area contributed by atoms with Gasteiger partial charge in [-0.2, -0.15) is 0 Å². The minimum atomic E-state index is 0.215. The van der Waals surface area contributed by atoms with Crippen LogP contribution in [0.1, 0.15) is 75.6 Å². The number of para-hydroxylation sites is 1. The third kappa shape index (κ3) is 2.46. The van der Waals surface area contributed by atoms with Gasteiger partial charge in [0.2, 0.25) is 0 Å². The largest absolute Gasteiger partial charge is 0.377 e. The van der Waals surface area contributed by atoms with E-state index in [9.17, 15) is 0 Å². The lowest BCUT2D eigenvalue weighted by Crippen LogP contribution is -2.34. The average Bonchev–Trinajstić information content (AvgIpc) is 2.89. The number of benzene rings is 2. The van der Waals surface area contributed by atoms with Crippen LogP contribution in [0.4, 0.5) is 5.69 Å². The van der Waals surface area contributed by atoms with Crippen molar-refractivity contribution in [3.8, 4) is 0 Å². The van der Waals surface area contributed by atoms with Crippen molar-refractivity contribution in [3.63, 3.8) is 0 Å². The molecule has 1 aliphatic carbocycles. The van der Waals surface area contributed by atoms with Crippen molar-refractivity contribution < 1.29 is 0 Å². The second-order valence-electron chi connectivity index (χ2n) is 8.71. The van der Waals surface area contributed by atoms with Gasteiger partial charge in [0.15, 0.2) is 0 Å². The molecule has 1 heterocycles. The summed E-state index contributed by atoms with van der Waals surface area (Å²) in [5.74, 6) is 0. The highest BCUT2D eigenvalue weighted by Crippen LogP contribution is 2.55. The van der Waals surface area contributed by atoms with Crippen LogP contribution < -0.4 is 5.32 Å². The van der Waals surface area contributed by atoms with E-state index in [0.29, 0.717) is 6.04 Å². The van der Waals surface area contributed by atoms with Crippen molar-refractivity contribution in [1.29, 1.82) is 0 Å². The van der Waals surface area contributed by atoms with E-state index >= 15 is 0 Å². The zero-order chi connectivity index (χ0) is 16.8. The fourth-order valence-electron chi connectivity index (χ4n) is 4.81. The minimum Gasteiger partial charge on any atom is -0.377 e. The Bertz CT molecular complexity index is 714. The van der Waals surface area contributed by atoms with E-state index in [2.05, 4.69) is 74.6 Å². The average molecular weight is 319 g/mol. The number of hydrogen-bond acceptors (Lipinski definition) is 1. The van der Waals surface area contributed by atoms with Crippen LogP contribution in [0, 0.1) is 0 Å². The van der Waals surface area contributed by atoms with Crippen molar-refractivity contribution in [2.75, 3.05) is 5.32 Å². The topological polar surface area (TPSA) is 12.0 Å². The van der Waals surface area contributed by atoms with Crippen molar-refractivity contribution >= 4 is 5.69 Å². The van der Waals surface area contributed by atoms with Gasteiger partial charge in [-0.05, 0) is 41.0 Å². The second-order valence-corrected chi connectivity index (χ2v) is 8.71. The monoisotopic (exact) mass is 319 g/mol. The zero-order valence-electron chi connectivity index (χ0n) is 15.2. The molecule has 0 aromatic heterocycles. The Kier molecular flexibility index (Phi) is 3.71. The van der Waals surface area contributed by atoms with Crippen LogP contribution in [0.15, 0.2) is 48.5 Å². The molecule has 0 radical (unpaired) electrons. The molecule has 0 bridgehead atoms. The Morgan fingerprint density at radius 3 is 2.21 bits per heavy atom. The van der Waals surface area contributed by atoms with E-state index in [0.717, 1.165) is 0 Å². The maximum atomic E-state index is 3.87. The van der Waals surface area contributed by atoms with Crippen LogP contribution in [0.25, 0.3) is 0 Å². The van der Waals surface area contributed by atoms with Gasteiger partial charge in [0.1, 0.15) is 0 Å². The zero-order valence-corrected chi connectivity index (χ0v) is 15.2. The molecule has 1 nitrogen and oxygen atoms in total. The predicted octanol–water partition coefficient (Wildman–Crippen LogP) is 6.35. The molecule has 24 heavy (non-hydrogen) atoms. The van der Waals surface area contributed by atoms with Gasteiger partial charge >= 0.3 is 0 Å². The SMILES string of the molecule is CC(C)(C)c1ccc([C@@H]2Nc3ccccc3C23CCCCC3)cc1. The first-order valence-corrected chi connectivity index (χ1v) is 9.47. The number of nitrogens with one attached hydrogen (secondary N) is 1. The molecule has 1 N–H and O–H groups in total. The van der Waals surface area contributed by atoms with Gasteiger partial charge in [-0.1, -0.05) is 82.5 Å². The molecule has 2 aliphatic rings. The summed E-state index contributed by atoms with van der Waals surface area (Å²) >= 11 is 0. The molecule has 0 saturated heterocycles. The molecule has 0 amide bonds.